The molecule has 3 heterocycles. The highest BCUT2D eigenvalue weighted by molar-refractivity contribution is 5.86. The van der Waals surface area contributed by atoms with Crippen LogP contribution in [-0.2, 0) is 14.2 Å². The van der Waals surface area contributed by atoms with Gasteiger partial charge in [-0.2, -0.15) is 0 Å². The second kappa shape index (κ2) is 11.6. The number of rotatable bonds is 6. The number of aromatic hydroxyl groups is 3. The molecule has 5 rings (SSSR count). The molecular formula is C27H30O15. The molecule has 2 saturated heterocycles. The summed E-state index contributed by atoms with van der Waals surface area (Å²) < 4.78 is 28.3. The summed E-state index contributed by atoms with van der Waals surface area (Å²) in [5.41, 5.74) is -0.575. The van der Waals surface area contributed by atoms with Gasteiger partial charge in [0.2, 0.25) is 6.29 Å². The van der Waals surface area contributed by atoms with Crippen molar-refractivity contribution in [2.75, 3.05) is 6.61 Å². The predicted molar refractivity (Wildman–Crippen MR) is 139 cm³/mol. The summed E-state index contributed by atoms with van der Waals surface area (Å²) in [4.78, 5) is 12.8. The van der Waals surface area contributed by atoms with E-state index in [-0.39, 0.29) is 33.8 Å². The Labute approximate surface area is 236 Å². The van der Waals surface area contributed by atoms with Crippen LogP contribution in [0.3, 0.4) is 0 Å². The van der Waals surface area contributed by atoms with Crippen molar-refractivity contribution >= 4 is 11.0 Å². The van der Waals surface area contributed by atoms with Crippen LogP contribution in [0.5, 0.6) is 23.0 Å². The van der Waals surface area contributed by atoms with Crippen molar-refractivity contribution in [2.24, 2.45) is 0 Å². The standard InChI is InChI=1S/C27H30O15/c1-9-20(33)22(35)24(37)26(38-9)42-25-23(36)21(34)18(8-28)41-27(25)39-11-5-14(31)19-15(32)7-16(40-17(19)6-11)10-2-3-12(29)13(30)4-10/h2-7,9,18,20-31,33-37H,8H2,1H3/t9-,18-,20-,21+,22+,23+,24+,25-,26-,27-/m0/s1. The number of ether oxygens (including phenoxy) is 4. The SMILES string of the molecule is C[C@@H]1O[C@@H](O[C@@H]2[C@@H](Oc3cc(O)c4c(=O)cc(-c5ccc(O)c(O)c5)oc4c3)O[C@@H](CO)[C@@H](O)[C@H]2O)[C@H](O)[C@H](O)[C@H]1O. The van der Waals surface area contributed by atoms with Crippen molar-refractivity contribution in [3.05, 3.63) is 46.6 Å². The van der Waals surface area contributed by atoms with E-state index in [1.807, 2.05) is 0 Å². The smallest absolute Gasteiger partial charge is 0.229 e. The van der Waals surface area contributed by atoms with E-state index in [1.165, 1.54) is 25.1 Å². The number of hydrogen-bond acceptors (Lipinski definition) is 15. The lowest BCUT2D eigenvalue weighted by Crippen LogP contribution is -2.64. The average Bonchev–Trinajstić information content (AvgIpc) is 2.95. The molecule has 0 saturated carbocycles. The molecule has 0 aliphatic carbocycles. The van der Waals surface area contributed by atoms with Gasteiger partial charge in [-0.3, -0.25) is 4.79 Å². The molecule has 228 valence electrons. The van der Waals surface area contributed by atoms with Crippen LogP contribution in [0.25, 0.3) is 22.3 Å². The third-order valence-corrected chi connectivity index (χ3v) is 7.22. The Morgan fingerprint density at radius 3 is 2.21 bits per heavy atom. The molecule has 2 aliphatic rings. The molecule has 2 fully saturated rings. The monoisotopic (exact) mass is 594 g/mol. The van der Waals surface area contributed by atoms with E-state index in [2.05, 4.69) is 0 Å². The number of benzene rings is 2. The van der Waals surface area contributed by atoms with Crippen molar-refractivity contribution in [3.8, 4) is 34.3 Å². The molecule has 15 nitrogen and oxygen atoms in total. The highest BCUT2D eigenvalue weighted by Crippen LogP contribution is 2.36. The van der Waals surface area contributed by atoms with E-state index < -0.39 is 84.9 Å². The fourth-order valence-electron chi connectivity index (χ4n) is 4.84. The van der Waals surface area contributed by atoms with Crippen LogP contribution < -0.4 is 10.2 Å². The maximum absolute atomic E-state index is 12.8. The maximum atomic E-state index is 12.8. The number of fused-ring (bicyclic) bond motifs is 1. The van der Waals surface area contributed by atoms with Gasteiger partial charge in [-0.25, -0.2) is 0 Å². The summed E-state index contributed by atoms with van der Waals surface area (Å²) in [6.45, 7) is 0.671. The number of phenolic OH excluding ortho intramolecular Hbond substituents is 3. The summed E-state index contributed by atoms with van der Waals surface area (Å²) in [7, 11) is 0. The second-order valence-electron chi connectivity index (χ2n) is 10.1. The molecule has 10 atom stereocenters. The van der Waals surface area contributed by atoms with E-state index in [1.54, 1.807) is 0 Å². The molecule has 15 heteroatoms. The summed E-state index contributed by atoms with van der Waals surface area (Å²) in [5, 5.41) is 91.2. The summed E-state index contributed by atoms with van der Waals surface area (Å²) in [6.07, 6.45) is -15.5. The van der Waals surface area contributed by atoms with E-state index in [4.69, 9.17) is 23.4 Å². The first kappa shape index (κ1) is 30.0. The van der Waals surface area contributed by atoms with Crippen molar-refractivity contribution in [3.63, 3.8) is 0 Å². The highest BCUT2D eigenvalue weighted by atomic mass is 16.8. The van der Waals surface area contributed by atoms with Crippen LogP contribution >= 0.6 is 0 Å². The third kappa shape index (κ3) is 5.49. The lowest BCUT2D eigenvalue weighted by atomic mass is 9.97. The molecule has 0 unspecified atom stereocenters. The first-order valence-electron chi connectivity index (χ1n) is 12.9. The van der Waals surface area contributed by atoms with Gasteiger partial charge in [0.25, 0.3) is 0 Å². The maximum Gasteiger partial charge on any atom is 0.229 e. The van der Waals surface area contributed by atoms with Gasteiger partial charge in [-0.05, 0) is 25.1 Å². The van der Waals surface area contributed by atoms with E-state index in [0.717, 1.165) is 18.2 Å². The molecule has 2 aromatic carbocycles. The van der Waals surface area contributed by atoms with Crippen molar-refractivity contribution in [1.82, 2.24) is 0 Å². The van der Waals surface area contributed by atoms with Gasteiger partial charge in [-0.1, -0.05) is 0 Å². The Bertz CT molecular complexity index is 1490. The Morgan fingerprint density at radius 1 is 0.786 bits per heavy atom. The molecule has 2 aliphatic heterocycles. The van der Waals surface area contributed by atoms with E-state index in [0.29, 0.717) is 0 Å². The number of hydrogen-bond donors (Lipinski definition) is 9. The van der Waals surface area contributed by atoms with Gasteiger partial charge < -0.3 is 69.3 Å². The van der Waals surface area contributed by atoms with Crippen LogP contribution in [-0.4, -0.2) is 114 Å². The van der Waals surface area contributed by atoms with E-state index >= 15 is 0 Å². The van der Waals surface area contributed by atoms with Gasteiger partial charge >= 0.3 is 0 Å². The minimum atomic E-state index is -1.78. The first-order chi connectivity index (χ1) is 19.9. The molecule has 1 aromatic heterocycles. The van der Waals surface area contributed by atoms with Crippen LogP contribution in [0.2, 0.25) is 0 Å². The minimum Gasteiger partial charge on any atom is -0.507 e. The topological polar surface area (TPSA) is 249 Å². The summed E-state index contributed by atoms with van der Waals surface area (Å²) in [6, 6.07) is 7.08. The van der Waals surface area contributed by atoms with Crippen LogP contribution in [0.4, 0.5) is 0 Å². The molecule has 0 radical (unpaired) electrons. The molecule has 0 spiro atoms. The Hall–Kier alpha value is -3.51. The fourth-order valence-corrected chi connectivity index (χ4v) is 4.84. The Balaban J connectivity index is 1.48. The molecule has 3 aromatic rings. The number of aliphatic hydroxyl groups excluding tert-OH is 6. The van der Waals surface area contributed by atoms with Crippen LogP contribution in [0.1, 0.15) is 6.92 Å². The molecule has 0 amide bonds. The molecule has 9 N–H and O–H groups in total. The fraction of sp³-hybridized carbons (Fsp3) is 0.444. The van der Waals surface area contributed by atoms with Gasteiger partial charge in [0, 0.05) is 23.8 Å². The lowest BCUT2D eigenvalue weighted by Gasteiger charge is -2.45. The Morgan fingerprint density at radius 2 is 1.52 bits per heavy atom. The van der Waals surface area contributed by atoms with Crippen molar-refractivity contribution < 1.29 is 69.3 Å². The molecule has 42 heavy (non-hydrogen) atoms. The highest BCUT2D eigenvalue weighted by Gasteiger charge is 2.50. The zero-order valence-corrected chi connectivity index (χ0v) is 21.9. The summed E-state index contributed by atoms with van der Waals surface area (Å²) >= 11 is 0. The minimum absolute atomic E-state index is 0.0216. The van der Waals surface area contributed by atoms with E-state index in [9.17, 15) is 50.8 Å². The van der Waals surface area contributed by atoms with Crippen LogP contribution in [0.15, 0.2) is 45.6 Å². The zero-order valence-electron chi connectivity index (χ0n) is 21.9. The first-order valence-corrected chi connectivity index (χ1v) is 12.9. The normalized spacial score (nSPS) is 33.5. The number of phenols is 3. The lowest BCUT2D eigenvalue weighted by molar-refractivity contribution is -0.354. The number of aliphatic hydroxyl groups is 6. The molecular weight excluding hydrogens is 564 g/mol. The van der Waals surface area contributed by atoms with Crippen LogP contribution in [0, 0.1) is 0 Å². The predicted octanol–water partition coefficient (Wildman–Crippen LogP) is -1.39. The van der Waals surface area contributed by atoms with Crippen molar-refractivity contribution in [1.29, 1.82) is 0 Å². The van der Waals surface area contributed by atoms with Gasteiger partial charge in [0.1, 0.15) is 64.9 Å². The van der Waals surface area contributed by atoms with Crippen molar-refractivity contribution in [2.45, 2.75) is 68.3 Å². The third-order valence-electron chi connectivity index (χ3n) is 7.22. The largest absolute Gasteiger partial charge is 0.507 e. The zero-order chi connectivity index (χ0) is 30.5. The van der Waals surface area contributed by atoms with Gasteiger partial charge in [-0.15, -0.1) is 0 Å². The Kier molecular flexibility index (Phi) is 8.30. The van der Waals surface area contributed by atoms with Gasteiger partial charge in [0.15, 0.2) is 29.3 Å². The average molecular weight is 595 g/mol. The second-order valence-corrected chi connectivity index (χ2v) is 10.1. The quantitative estimate of drug-likeness (QED) is 0.149. The van der Waals surface area contributed by atoms with Gasteiger partial charge in [0.05, 0.1) is 12.7 Å². The molecule has 0 bridgehead atoms. The summed E-state index contributed by atoms with van der Waals surface area (Å²) in [5.74, 6) is -1.60.